The molecule has 1 radical (unpaired) electrons. The van der Waals surface area contributed by atoms with Crippen LogP contribution in [0.15, 0.2) is 24.3 Å². The van der Waals surface area contributed by atoms with Gasteiger partial charge in [-0.15, -0.1) is 0 Å². The summed E-state index contributed by atoms with van der Waals surface area (Å²) in [6.07, 6.45) is 1.53. The summed E-state index contributed by atoms with van der Waals surface area (Å²) in [5.74, 6) is 5.52. The van der Waals surface area contributed by atoms with E-state index < -0.39 is 10.0 Å². The third-order valence-electron chi connectivity index (χ3n) is 4.73. The van der Waals surface area contributed by atoms with Crippen LogP contribution in [0.3, 0.4) is 0 Å². The van der Waals surface area contributed by atoms with Gasteiger partial charge in [0.2, 0.25) is 10.0 Å². The second kappa shape index (κ2) is 9.51. The molecule has 0 bridgehead atoms. The standard InChI is InChI=1S/C19H25FN3O3S/c20-18-4-6-19(7-5-18)22-9-11-23(12-10-22)27(24,25)17-3-1-2-8-21-13-15-26-16-14-21/h3-7H,8-17H2. The van der Waals surface area contributed by atoms with Crippen LogP contribution in [0.5, 0.6) is 0 Å². The van der Waals surface area contributed by atoms with Gasteiger partial charge in [0.05, 0.1) is 31.9 Å². The van der Waals surface area contributed by atoms with E-state index in [1.54, 1.807) is 12.1 Å². The molecule has 0 N–H and O–H groups in total. The van der Waals surface area contributed by atoms with Gasteiger partial charge in [-0.2, -0.15) is 4.31 Å². The fraction of sp³-hybridized carbons (Fsp3) is 0.526. The number of anilines is 1. The van der Waals surface area contributed by atoms with Gasteiger partial charge in [0.25, 0.3) is 0 Å². The number of hydrogen-bond acceptors (Lipinski definition) is 5. The molecule has 0 amide bonds. The number of nitrogens with zero attached hydrogens (tertiary/aromatic N) is 3. The number of halogens is 1. The Bertz CT molecular complexity index is 760. The molecule has 0 saturated carbocycles. The molecule has 3 rings (SSSR count). The minimum atomic E-state index is -3.35. The molecule has 0 aromatic heterocycles. The topological polar surface area (TPSA) is 53.1 Å². The van der Waals surface area contributed by atoms with Crippen LogP contribution < -0.4 is 4.90 Å². The van der Waals surface area contributed by atoms with E-state index in [0.29, 0.717) is 32.7 Å². The van der Waals surface area contributed by atoms with Crippen molar-refractivity contribution in [2.45, 2.75) is 0 Å². The van der Waals surface area contributed by atoms with Crippen LogP contribution in [-0.4, -0.2) is 82.4 Å². The van der Waals surface area contributed by atoms with Gasteiger partial charge in [0.15, 0.2) is 0 Å². The van der Waals surface area contributed by atoms with Crippen molar-refractivity contribution in [3.8, 4) is 11.8 Å². The Labute approximate surface area is 160 Å². The Morgan fingerprint density at radius 3 is 2.37 bits per heavy atom. The van der Waals surface area contributed by atoms with Crippen molar-refractivity contribution in [2.24, 2.45) is 0 Å². The molecule has 147 valence electrons. The quantitative estimate of drug-likeness (QED) is 0.692. The minimum absolute atomic E-state index is 0.0698. The van der Waals surface area contributed by atoms with Crippen LogP contribution in [0.1, 0.15) is 0 Å². The van der Waals surface area contributed by atoms with Crippen LogP contribution in [0, 0.1) is 24.1 Å². The Morgan fingerprint density at radius 1 is 1.04 bits per heavy atom. The van der Waals surface area contributed by atoms with Gasteiger partial charge < -0.3 is 9.64 Å². The van der Waals surface area contributed by atoms with Gasteiger partial charge in [0, 0.05) is 45.0 Å². The average Bonchev–Trinajstić information content (AvgIpc) is 2.69. The predicted molar refractivity (Wildman–Crippen MR) is 103 cm³/mol. The van der Waals surface area contributed by atoms with Crippen molar-refractivity contribution in [3.63, 3.8) is 0 Å². The highest BCUT2D eigenvalue weighted by Gasteiger charge is 2.26. The lowest BCUT2D eigenvalue weighted by Gasteiger charge is -2.35. The average molecular weight is 394 g/mol. The zero-order chi connectivity index (χ0) is 19.1. The molecular formula is C19H25FN3O3S. The maximum atomic E-state index is 13.0. The Morgan fingerprint density at radius 2 is 1.70 bits per heavy atom. The molecular weight excluding hydrogens is 369 g/mol. The number of sulfonamides is 1. The summed E-state index contributed by atoms with van der Waals surface area (Å²) >= 11 is 0. The maximum Gasteiger partial charge on any atom is 0.215 e. The summed E-state index contributed by atoms with van der Waals surface area (Å²) in [5.41, 5.74) is 0.911. The van der Waals surface area contributed by atoms with E-state index in [0.717, 1.165) is 32.0 Å². The van der Waals surface area contributed by atoms with Crippen LogP contribution in [-0.2, 0) is 14.8 Å². The smallest absolute Gasteiger partial charge is 0.215 e. The van der Waals surface area contributed by atoms with Gasteiger partial charge in [-0.1, -0.05) is 11.8 Å². The van der Waals surface area contributed by atoms with Gasteiger partial charge in [-0.25, -0.2) is 12.8 Å². The van der Waals surface area contributed by atoms with Gasteiger partial charge in [0.1, 0.15) is 5.82 Å². The molecule has 27 heavy (non-hydrogen) atoms. The number of benzene rings is 1. The van der Waals surface area contributed by atoms with E-state index in [4.69, 9.17) is 4.74 Å². The molecule has 0 atom stereocenters. The predicted octanol–water partition coefficient (Wildman–Crippen LogP) is 0.817. The number of hydrogen-bond donors (Lipinski definition) is 0. The van der Waals surface area contributed by atoms with Crippen LogP contribution in [0.25, 0.3) is 0 Å². The normalized spacial score (nSPS) is 19.5. The largest absolute Gasteiger partial charge is 0.379 e. The first-order valence-corrected chi connectivity index (χ1v) is 10.7. The zero-order valence-electron chi connectivity index (χ0n) is 15.3. The van der Waals surface area contributed by atoms with Gasteiger partial charge >= 0.3 is 0 Å². The minimum Gasteiger partial charge on any atom is -0.379 e. The lowest BCUT2D eigenvalue weighted by atomic mass is 10.2. The zero-order valence-corrected chi connectivity index (χ0v) is 16.1. The Balaban J connectivity index is 1.42. The van der Waals surface area contributed by atoms with Crippen molar-refractivity contribution in [3.05, 3.63) is 36.5 Å². The summed E-state index contributed by atoms with van der Waals surface area (Å²) in [6, 6.07) is 6.28. The first-order valence-electron chi connectivity index (χ1n) is 9.13. The van der Waals surface area contributed by atoms with Crippen molar-refractivity contribution in [2.75, 3.05) is 69.7 Å². The lowest BCUT2D eigenvalue weighted by molar-refractivity contribution is 0.0443. The molecule has 2 heterocycles. The van der Waals surface area contributed by atoms with Crippen molar-refractivity contribution >= 4 is 15.7 Å². The van der Waals surface area contributed by atoms with E-state index in [1.165, 1.54) is 22.9 Å². The Kier molecular flexibility index (Phi) is 7.07. The van der Waals surface area contributed by atoms with E-state index in [9.17, 15) is 12.8 Å². The molecule has 0 spiro atoms. The van der Waals surface area contributed by atoms with Crippen molar-refractivity contribution < 1.29 is 17.5 Å². The lowest BCUT2D eigenvalue weighted by Crippen LogP contribution is -2.49. The Hall–Kier alpha value is -1.66. The summed E-state index contributed by atoms with van der Waals surface area (Å²) in [6.45, 7) is 5.85. The fourth-order valence-corrected chi connectivity index (χ4v) is 4.34. The number of rotatable bonds is 5. The molecule has 2 aliphatic rings. The number of morpholine rings is 1. The van der Waals surface area contributed by atoms with E-state index in [-0.39, 0.29) is 11.6 Å². The molecule has 2 aliphatic heterocycles. The first kappa shape index (κ1) is 20.1. The van der Waals surface area contributed by atoms with Crippen molar-refractivity contribution in [1.29, 1.82) is 0 Å². The molecule has 1 aromatic carbocycles. The monoisotopic (exact) mass is 394 g/mol. The van der Waals surface area contributed by atoms with Crippen LogP contribution >= 0.6 is 0 Å². The van der Waals surface area contributed by atoms with Gasteiger partial charge in [-0.3, -0.25) is 4.90 Å². The van der Waals surface area contributed by atoms with Crippen molar-refractivity contribution in [1.82, 2.24) is 9.21 Å². The molecule has 8 heteroatoms. The van der Waals surface area contributed by atoms with E-state index in [2.05, 4.69) is 21.6 Å². The summed E-state index contributed by atoms with van der Waals surface area (Å²) in [7, 11) is -3.35. The molecule has 0 aliphatic carbocycles. The highest BCUT2D eigenvalue weighted by atomic mass is 32.2. The number of ether oxygens (including phenoxy) is 1. The number of piperazine rings is 1. The highest BCUT2D eigenvalue weighted by Crippen LogP contribution is 2.18. The molecule has 2 fully saturated rings. The van der Waals surface area contributed by atoms with E-state index >= 15 is 0 Å². The SMILES string of the molecule is O=S(=O)(C[CH]C#CCN1CCOCC1)N1CCN(c2ccc(F)cc2)CC1. The fourth-order valence-electron chi connectivity index (χ4n) is 3.12. The second-order valence-corrected chi connectivity index (χ2v) is 8.57. The third-order valence-corrected chi connectivity index (χ3v) is 6.47. The van der Waals surface area contributed by atoms with E-state index in [1.807, 2.05) is 0 Å². The second-order valence-electron chi connectivity index (χ2n) is 6.55. The third kappa shape index (κ3) is 5.91. The summed E-state index contributed by atoms with van der Waals surface area (Å²) in [4.78, 5) is 4.25. The highest BCUT2D eigenvalue weighted by molar-refractivity contribution is 7.89. The molecule has 2 saturated heterocycles. The maximum absolute atomic E-state index is 13.0. The van der Waals surface area contributed by atoms with Crippen LogP contribution in [0.4, 0.5) is 10.1 Å². The summed E-state index contributed by atoms with van der Waals surface area (Å²) in [5, 5.41) is 0. The molecule has 6 nitrogen and oxygen atoms in total. The van der Waals surface area contributed by atoms with Crippen LogP contribution in [0.2, 0.25) is 0 Å². The van der Waals surface area contributed by atoms with Gasteiger partial charge in [-0.05, 0) is 24.3 Å². The molecule has 1 aromatic rings. The summed E-state index contributed by atoms with van der Waals surface area (Å²) < 4.78 is 44.7. The molecule has 0 unspecified atom stereocenters. The first-order chi connectivity index (χ1) is 13.0.